The summed E-state index contributed by atoms with van der Waals surface area (Å²) in [7, 11) is 1.72. The van der Waals surface area contributed by atoms with Gasteiger partial charge in [0.1, 0.15) is 12.7 Å². The molecule has 1 rings (SSSR count). The van der Waals surface area contributed by atoms with Crippen LogP contribution in [-0.2, 0) is 4.79 Å². The fraction of sp³-hybridized carbons (Fsp3) is 0.875. The van der Waals surface area contributed by atoms with Gasteiger partial charge in [0.2, 0.25) is 5.91 Å². The molecule has 1 N–H and O–H groups in total. The molecule has 1 amide bonds. The minimum absolute atomic E-state index is 0.0302. The number of hydrogen-bond donors (Lipinski definition) is 1. The van der Waals surface area contributed by atoms with E-state index < -0.39 is 0 Å². The second kappa shape index (κ2) is 2.71. The molecule has 4 heteroatoms. The van der Waals surface area contributed by atoms with Crippen LogP contribution < -0.4 is 0 Å². The molecule has 1 atom stereocenters. The van der Waals surface area contributed by atoms with Gasteiger partial charge < -0.3 is 10.1 Å². The Morgan fingerprint density at radius 2 is 2.00 bits per heavy atom. The zero-order chi connectivity index (χ0) is 9.52. The molecule has 1 aliphatic heterocycles. The summed E-state index contributed by atoms with van der Waals surface area (Å²) in [6.07, 6.45) is -0.204. The van der Waals surface area contributed by atoms with Crippen molar-refractivity contribution < 1.29 is 10.0 Å². The third-order valence-electron chi connectivity index (χ3n) is 2.11. The molecule has 0 aromatic heterocycles. The van der Waals surface area contributed by atoms with E-state index in [1.807, 2.05) is 20.8 Å². The van der Waals surface area contributed by atoms with Crippen LogP contribution in [0.3, 0.4) is 0 Å². The van der Waals surface area contributed by atoms with Crippen molar-refractivity contribution in [3.05, 3.63) is 0 Å². The number of hydrogen-bond acceptors (Lipinski definition) is 3. The summed E-state index contributed by atoms with van der Waals surface area (Å²) >= 11 is 0. The molecule has 0 unspecified atom stereocenters. The highest BCUT2D eigenvalue weighted by atomic mass is 16.5. The number of rotatable bonds is 0. The van der Waals surface area contributed by atoms with E-state index in [9.17, 15) is 10.0 Å². The Bertz CT molecular complexity index is 198. The molecule has 1 heterocycles. The van der Waals surface area contributed by atoms with Gasteiger partial charge in [-0.1, -0.05) is 20.8 Å². The van der Waals surface area contributed by atoms with Crippen molar-refractivity contribution in [2.75, 3.05) is 13.6 Å². The van der Waals surface area contributed by atoms with Crippen molar-refractivity contribution in [1.29, 1.82) is 0 Å². The molecular weight excluding hydrogens is 156 g/mol. The van der Waals surface area contributed by atoms with E-state index in [0.717, 1.165) is 5.06 Å². The Kier molecular flexibility index (Phi) is 2.14. The summed E-state index contributed by atoms with van der Waals surface area (Å²) in [4.78, 5) is 12.7. The van der Waals surface area contributed by atoms with E-state index in [4.69, 9.17) is 0 Å². The summed E-state index contributed by atoms with van der Waals surface area (Å²) in [5, 5.41) is 10.5. The molecule has 0 spiro atoms. The SMILES string of the molecule is CN1C(=O)CN(O)[C@@H]1C(C)(C)C. The monoisotopic (exact) mass is 172 g/mol. The first-order valence-corrected chi connectivity index (χ1v) is 4.05. The molecule has 12 heavy (non-hydrogen) atoms. The number of likely N-dealkylation sites (N-methyl/N-ethyl adjacent to an activating group) is 1. The lowest BCUT2D eigenvalue weighted by Gasteiger charge is -2.34. The van der Waals surface area contributed by atoms with Crippen LogP contribution in [-0.4, -0.2) is 40.8 Å². The van der Waals surface area contributed by atoms with Gasteiger partial charge in [-0.2, -0.15) is 5.06 Å². The van der Waals surface area contributed by atoms with Crippen LogP contribution in [0.4, 0.5) is 0 Å². The van der Waals surface area contributed by atoms with Crippen LogP contribution in [0.5, 0.6) is 0 Å². The maximum Gasteiger partial charge on any atom is 0.240 e. The topological polar surface area (TPSA) is 43.8 Å². The highest BCUT2D eigenvalue weighted by Gasteiger charge is 2.41. The third-order valence-corrected chi connectivity index (χ3v) is 2.11. The number of carbonyl (C=O) groups is 1. The lowest BCUT2D eigenvalue weighted by Crippen LogP contribution is -2.45. The molecule has 1 saturated heterocycles. The molecule has 70 valence electrons. The molecule has 0 aliphatic carbocycles. The largest absolute Gasteiger partial charge is 0.326 e. The second-order valence-electron chi connectivity index (χ2n) is 4.34. The third kappa shape index (κ3) is 1.44. The van der Waals surface area contributed by atoms with E-state index in [1.165, 1.54) is 0 Å². The number of amides is 1. The molecule has 4 nitrogen and oxygen atoms in total. The highest BCUT2D eigenvalue weighted by molar-refractivity contribution is 5.80. The first-order valence-electron chi connectivity index (χ1n) is 4.05. The smallest absolute Gasteiger partial charge is 0.240 e. The van der Waals surface area contributed by atoms with Crippen LogP contribution in [0.15, 0.2) is 0 Å². The molecule has 0 saturated carbocycles. The minimum atomic E-state index is -0.204. The average molecular weight is 172 g/mol. The number of nitrogens with zero attached hydrogens (tertiary/aromatic N) is 2. The van der Waals surface area contributed by atoms with E-state index >= 15 is 0 Å². The normalized spacial score (nSPS) is 26.9. The standard InChI is InChI=1S/C8H16N2O2/c1-8(2,3)7-9(4)6(11)5-10(7)12/h7,12H,5H2,1-4H3/t7-/m1/s1. The fourth-order valence-corrected chi connectivity index (χ4v) is 1.70. The van der Waals surface area contributed by atoms with Crippen LogP contribution in [0.2, 0.25) is 0 Å². The van der Waals surface area contributed by atoms with Crippen molar-refractivity contribution in [1.82, 2.24) is 9.96 Å². The Balaban J connectivity index is 2.84. The summed E-state index contributed by atoms with van der Waals surface area (Å²) in [5.74, 6) is -0.0302. The summed E-state index contributed by atoms with van der Waals surface area (Å²) < 4.78 is 0. The van der Waals surface area contributed by atoms with Crippen LogP contribution in [0, 0.1) is 5.41 Å². The summed E-state index contributed by atoms with van der Waals surface area (Å²) in [6.45, 7) is 6.10. The Labute approximate surface area is 72.7 Å². The van der Waals surface area contributed by atoms with Crippen LogP contribution >= 0.6 is 0 Å². The van der Waals surface area contributed by atoms with Crippen molar-refractivity contribution in [3.63, 3.8) is 0 Å². The lowest BCUT2D eigenvalue weighted by molar-refractivity contribution is -0.154. The maximum absolute atomic E-state index is 11.2. The molecule has 1 aliphatic rings. The van der Waals surface area contributed by atoms with Crippen molar-refractivity contribution in [3.8, 4) is 0 Å². The quantitative estimate of drug-likeness (QED) is 0.579. The van der Waals surface area contributed by atoms with E-state index in [1.54, 1.807) is 11.9 Å². The lowest BCUT2D eigenvalue weighted by atomic mass is 9.92. The first kappa shape index (κ1) is 9.48. The zero-order valence-corrected chi connectivity index (χ0v) is 8.03. The van der Waals surface area contributed by atoms with Gasteiger partial charge in [0.05, 0.1) is 0 Å². The molecule has 0 radical (unpaired) electrons. The molecule has 0 aromatic rings. The fourth-order valence-electron chi connectivity index (χ4n) is 1.70. The molecule has 0 aromatic carbocycles. The second-order valence-corrected chi connectivity index (χ2v) is 4.34. The predicted octanol–water partition coefficient (Wildman–Crippen LogP) is 0.522. The van der Waals surface area contributed by atoms with Gasteiger partial charge in [-0.25, -0.2) is 0 Å². The molecular formula is C8H16N2O2. The van der Waals surface area contributed by atoms with E-state index in [2.05, 4.69) is 0 Å². The van der Waals surface area contributed by atoms with Gasteiger partial charge >= 0.3 is 0 Å². The van der Waals surface area contributed by atoms with Crippen LogP contribution in [0.1, 0.15) is 20.8 Å². The summed E-state index contributed by atoms with van der Waals surface area (Å²) in [5.41, 5.74) is -0.115. The van der Waals surface area contributed by atoms with Crippen molar-refractivity contribution >= 4 is 5.91 Å². The number of carbonyl (C=O) groups excluding carboxylic acids is 1. The zero-order valence-electron chi connectivity index (χ0n) is 8.03. The predicted molar refractivity (Wildman–Crippen MR) is 44.5 cm³/mol. The summed E-state index contributed by atoms with van der Waals surface area (Å²) in [6, 6.07) is 0. The van der Waals surface area contributed by atoms with E-state index in [-0.39, 0.29) is 24.0 Å². The van der Waals surface area contributed by atoms with Gasteiger partial charge in [-0.05, 0) is 5.41 Å². The van der Waals surface area contributed by atoms with Crippen molar-refractivity contribution in [2.45, 2.75) is 26.9 Å². The van der Waals surface area contributed by atoms with Gasteiger partial charge in [0, 0.05) is 7.05 Å². The average Bonchev–Trinajstić information content (AvgIpc) is 2.05. The van der Waals surface area contributed by atoms with E-state index in [0.29, 0.717) is 0 Å². The first-order chi connectivity index (χ1) is 5.34. The Morgan fingerprint density at radius 1 is 1.50 bits per heavy atom. The Morgan fingerprint density at radius 3 is 2.17 bits per heavy atom. The van der Waals surface area contributed by atoms with Gasteiger partial charge in [-0.15, -0.1) is 0 Å². The van der Waals surface area contributed by atoms with Gasteiger partial charge in [0.25, 0.3) is 0 Å². The van der Waals surface area contributed by atoms with Crippen LogP contribution in [0.25, 0.3) is 0 Å². The maximum atomic E-state index is 11.2. The van der Waals surface area contributed by atoms with Crippen molar-refractivity contribution in [2.24, 2.45) is 5.41 Å². The van der Waals surface area contributed by atoms with Gasteiger partial charge in [0.15, 0.2) is 0 Å². The highest BCUT2D eigenvalue weighted by Crippen LogP contribution is 2.28. The van der Waals surface area contributed by atoms with Gasteiger partial charge in [-0.3, -0.25) is 4.79 Å². The minimum Gasteiger partial charge on any atom is -0.326 e. The number of hydroxylamine groups is 2. The molecule has 1 fully saturated rings. The Hall–Kier alpha value is -0.610. The molecule has 0 bridgehead atoms.